The fraction of sp³-hybridized carbons (Fsp3) is 0.731. The summed E-state index contributed by atoms with van der Waals surface area (Å²) in [4.78, 5) is 15.3. The first-order valence-corrected chi connectivity index (χ1v) is 12.7. The van der Waals surface area contributed by atoms with Gasteiger partial charge in [0.25, 0.3) is 0 Å². The Hall–Kier alpha value is -1.14. The average Bonchev–Trinajstić information content (AvgIpc) is 3.44. The van der Waals surface area contributed by atoms with Crippen LogP contribution in [0.2, 0.25) is 5.02 Å². The van der Waals surface area contributed by atoms with E-state index in [1.165, 1.54) is 19.3 Å². The van der Waals surface area contributed by atoms with Crippen LogP contribution < -0.4 is 0 Å². The lowest BCUT2D eigenvalue weighted by Crippen LogP contribution is -2.55. The highest BCUT2D eigenvalue weighted by Gasteiger charge is 2.78. The van der Waals surface area contributed by atoms with Gasteiger partial charge in [0.05, 0.1) is 17.6 Å². The van der Waals surface area contributed by atoms with E-state index >= 15 is 0 Å². The lowest BCUT2D eigenvalue weighted by Gasteiger charge is -2.49. The second kappa shape index (κ2) is 7.18. The quantitative estimate of drug-likeness (QED) is 0.543. The van der Waals surface area contributed by atoms with Gasteiger partial charge in [0.15, 0.2) is 0 Å². The van der Waals surface area contributed by atoms with Gasteiger partial charge < -0.3 is 19.5 Å². The zero-order valence-corrected chi connectivity index (χ0v) is 19.8. The van der Waals surface area contributed by atoms with Gasteiger partial charge >= 0.3 is 5.97 Å². The lowest BCUT2D eigenvalue weighted by molar-refractivity contribution is -0.147. The molecule has 0 amide bonds. The zero-order valence-electron chi connectivity index (χ0n) is 19.1. The van der Waals surface area contributed by atoms with Gasteiger partial charge in [-0.05, 0) is 55.7 Å². The molecule has 174 valence electrons. The Kier molecular flexibility index (Phi) is 4.80. The monoisotopic (exact) mass is 459 g/mol. The first-order valence-electron chi connectivity index (χ1n) is 12.3. The number of aliphatic hydroxyl groups is 1. The molecular formula is C26H34ClNO4. The number of halogens is 1. The van der Waals surface area contributed by atoms with Gasteiger partial charge in [0.1, 0.15) is 11.7 Å². The molecule has 0 aromatic heterocycles. The van der Waals surface area contributed by atoms with Crippen LogP contribution in [0.5, 0.6) is 0 Å². The molecule has 3 heterocycles. The van der Waals surface area contributed by atoms with Crippen molar-refractivity contribution in [2.24, 2.45) is 23.2 Å². The van der Waals surface area contributed by atoms with Gasteiger partial charge in [0, 0.05) is 36.0 Å². The Labute approximate surface area is 195 Å². The summed E-state index contributed by atoms with van der Waals surface area (Å²) in [6, 6.07) is 7.52. The number of esters is 1. The molecule has 6 rings (SSSR count). The van der Waals surface area contributed by atoms with Crippen molar-refractivity contribution < 1.29 is 19.4 Å². The van der Waals surface area contributed by atoms with Crippen molar-refractivity contribution in [1.29, 1.82) is 0 Å². The molecule has 3 aliphatic heterocycles. The lowest BCUT2D eigenvalue weighted by atomic mass is 9.53. The number of ether oxygens (including phenoxy) is 2. The van der Waals surface area contributed by atoms with Crippen molar-refractivity contribution in [3.8, 4) is 0 Å². The molecule has 3 saturated heterocycles. The fourth-order valence-corrected chi connectivity index (χ4v) is 8.00. The molecule has 1 N–H and O–H groups in total. The Balaban J connectivity index is 1.15. The van der Waals surface area contributed by atoms with Crippen LogP contribution in [0.4, 0.5) is 0 Å². The summed E-state index contributed by atoms with van der Waals surface area (Å²) in [5, 5.41) is 11.9. The molecule has 7 atom stereocenters. The molecule has 7 unspecified atom stereocenters. The van der Waals surface area contributed by atoms with Gasteiger partial charge in [0.2, 0.25) is 0 Å². The van der Waals surface area contributed by atoms with Crippen LogP contribution in [0.3, 0.4) is 0 Å². The molecule has 0 bridgehead atoms. The number of carbonyl (C=O) groups excluding carboxylic acids is 1. The Morgan fingerprint density at radius 3 is 2.62 bits per heavy atom. The minimum Gasteiger partial charge on any atom is -0.462 e. The third-order valence-corrected chi connectivity index (χ3v) is 9.97. The highest BCUT2D eigenvalue weighted by molar-refractivity contribution is 6.30. The van der Waals surface area contributed by atoms with Crippen LogP contribution in [0.1, 0.15) is 57.9 Å². The van der Waals surface area contributed by atoms with E-state index in [0.717, 1.165) is 25.1 Å². The van der Waals surface area contributed by atoms with E-state index < -0.39 is 5.60 Å². The van der Waals surface area contributed by atoms with Gasteiger partial charge in [-0.25, -0.2) is 0 Å². The molecule has 2 aliphatic carbocycles. The first-order chi connectivity index (χ1) is 15.3. The number of piperidine rings is 1. The first kappa shape index (κ1) is 21.4. The third-order valence-electron chi connectivity index (χ3n) is 9.71. The van der Waals surface area contributed by atoms with Crippen LogP contribution in [0.15, 0.2) is 24.3 Å². The SMILES string of the molecule is CC1CCCC2(C)CC3OC(=O)C(CN4CCC(O)(c5ccc(Cl)cc5)CC4)C3C3OC132. The van der Waals surface area contributed by atoms with Gasteiger partial charge in [-0.1, -0.05) is 44.0 Å². The normalized spacial score (nSPS) is 44.9. The van der Waals surface area contributed by atoms with E-state index in [9.17, 15) is 9.90 Å². The van der Waals surface area contributed by atoms with Crippen molar-refractivity contribution in [2.75, 3.05) is 19.6 Å². The smallest absolute Gasteiger partial charge is 0.311 e. The number of hydrogen-bond donors (Lipinski definition) is 1. The molecule has 32 heavy (non-hydrogen) atoms. The highest BCUT2D eigenvalue weighted by atomic mass is 35.5. The summed E-state index contributed by atoms with van der Waals surface area (Å²) in [6.45, 7) is 6.95. The van der Waals surface area contributed by atoms with Crippen molar-refractivity contribution in [2.45, 2.75) is 75.8 Å². The minimum atomic E-state index is -0.826. The molecular weight excluding hydrogens is 426 g/mol. The Morgan fingerprint density at radius 1 is 1.19 bits per heavy atom. The molecule has 1 aromatic carbocycles. The molecule has 5 nitrogen and oxygen atoms in total. The summed E-state index contributed by atoms with van der Waals surface area (Å²) in [6.07, 6.45) is 6.05. The number of epoxide rings is 1. The van der Waals surface area contributed by atoms with Crippen LogP contribution >= 0.6 is 11.6 Å². The molecule has 1 spiro atoms. The number of benzene rings is 1. The highest BCUT2D eigenvalue weighted by Crippen LogP contribution is 2.70. The van der Waals surface area contributed by atoms with E-state index in [-0.39, 0.29) is 41.0 Å². The summed E-state index contributed by atoms with van der Waals surface area (Å²) >= 11 is 6.01. The number of nitrogens with zero attached hydrogens (tertiary/aromatic N) is 1. The van der Waals surface area contributed by atoms with E-state index in [2.05, 4.69) is 18.7 Å². The van der Waals surface area contributed by atoms with E-state index in [1.54, 1.807) is 0 Å². The van der Waals surface area contributed by atoms with E-state index in [4.69, 9.17) is 21.1 Å². The molecule has 5 aliphatic rings. The van der Waals surface area contributed by atoms with Crippen molar-refractivity contribution in [3.05, 3.63) is 34.9 Å². The second-order valence-corrected chi connectivity index (χ2v) is 11.8. The topological polar surface area (TPSA) is 62.3 Å². The van der Waals surface area contributed by atoms with E-state index in [1.807, 2.05) is 24.3 Å². The summed E-state index contributed by atoms with van der Waals surface area (Å²) in [7, 11) is 0. The molecule has 6 heteroatoms. The zero-order chi connectivity index (χ0) is 22.3. The van der Waals surface area contributed by atoms with Crippen molar-refractivity contribution >= 4 is 17.6 Å². The van der Waals surface area contributed by atoms with Crippen LogP contribution in [0.25, 0.3) is 0 Å². The minimum absolute atomic E-state index is 0.000727. The van der Waals surface area contributed by atoms with Crippen LogP contribution in [0, 0.1) is 23.2 Å². The number of fused-ring (bicyclic) bond motifs is 2. The van der Waals surface area contributed by atoms with Crippen LogP contribution in [-0.2, 0) is 19.9 Å². The number of likely N-dealkylation sites (tertiary alicyclic amines) is 1. The Bertz CT molecular complexity index is 913. The molecule has 0 radical (unpaired) electrons. The number of hydrogen-bond acceptors (Lipinski definition) is 5. The second-order valence-electron chi connectivity index (χ2n) is 11.4. The van der Waals surface area contributed by atoms with Gasteiger partial charge in [-0.15, -0.1) is 0 Å². The molecule has 2 saturated carbocycles. The number of rotatable bonds is 3. The summed E-state index contributed by atoms with van der Waals surface area (Å²) < 4.78 is 12.5. The van der Waals surface area contributed by atoms with E-state index in [0.29, 0.717) is 30.3 Å². The predicted octanol–water partition coefficient (Wildman–Crippen LogP) is 4.15. The molecule has 5 fully saturated rings. The maximum Gasteiger partial charge on any atom is 0.311 e. The standard InChI is InChI=1S/C26H34ClNO4/c1-16-4-3-9-24(2)14-20-21(22-26(16,24)32-22)19(23(29)31-20)15-28-12-10-25(30,11-13-28)17-5-7-18(27)8-6-17/h5-8,16,19-22,30H,3-4,9-15H2,1-2H3. The maximum atomic E-state index is 13.0. The fourth-order valence-electron chi connectivity index (χ4n) is 7.88. The third kappa shape index (κ3) is 2.97. The number of carbonyl (C=O) groups is 1. The van der Waals surface area contributed by atoms with Gasteiger partial charge in [-0.2, -0.15) is 0 Å². The predicted molar refractivity (Wildman–Crippen MR) is 121 cm³/mol. The average molecular weight is 460 g/mol. The van der Waals surface area contributed by atoms with Crippen molar-refractivity contribution in [3.63, 3.8) is 0 Å². The largest absolute Gasteiger partial charge is 0.462 e. The summed E-state index contributed by atoms with van der Waals surface area (Å²) in [5.74, 6) is 0.560. The Morgan fingerprint density at radius 2 is 1.91 bits per heavy atom. The van der Waals surface area contributed by atoms with Crippen molar-refractivity contribution in [1.82, 2.24) is 4.90 Å². The van der Waals surface area contributed by atoms with Gasteiger partial charge in [-0.3, -0.25) is 4.79 Å². The van der Waals surface area contributed by atoms with Crippen LogP contribution in [-0.4, -0.2) is 53.4 Å². The molecule has 1 aromatic rings. The summed E-state index contributed by atoms with van der Waals surface area (Å²) in [5.41, 5.74) is 0.183. The maximum absolute atomic E-state index is 13.0.